The number of nitrogens with zero attached hydrogens (tertiary/aromatic N) is 4. The number of benzene rings is 1. The molecule has 5 rings (SSSR count). The molecule has 0 atom stereocenters. The van der Waals surface area contributed by atoms with Crippen molar-refractivity contribution in [3.05, 3.63) is 30.6 Å². The van der Waals surface area contributed by atoms with Gasteiger partial charge in [0.1, 0.15) is 0 Å². The van der Waals surface area contributed by atoms with Crippen LogP contribution >= 0.6 is 24.8 Å². The summed E-state index contributed by atoms with van der Waals surface area (Å²) in [6.07, 6.45) is 11.0. The Morgan fingerprint density at radius 1 is 0.906 bits per heavy atom. The van der Waals surface area contributed by atoms with Gasteiger partial charge in [-0.15, -0.1) is 24.8 Å². The summed E-state index contributed by atoms with van der Waals surface area (Å²) in [5.74, 6) is 1.37. The minimum absolute atomic E-state index is 0. The first kappa shape index (κ1) is 24.4. The molecule has 1 aromatic carbocycles. The molecule has 2 saturated carbocycles. The molecule has 2 fully saturated rings. The molecule has 10 heteroatoms. The van der Waals surface area contributed by atoms with Crippen LogP contribution < -0.4 is 22.1 Å². The minimum Gasteiger partial charge on any atom is -0.399 e. The van der Waals surface area contributed by atoms with Crippen molar-refractivity contribution in [1.82, 2.24) is 19.5 Å². The largest absolute Gasteiger partial charge is 0.399 e. The molecule has 2 heterocycles. The van der Waals surface area contributed by atoms with E-state index in [1.54, 1.807) is 0 Å². The lowest BCUT2D eigenvalue weighted by Gasteiger charge is -2.27. The van der Waals surface area contributed by atoms with Crippen LogP contribution in [0.1, 0.15) is 57.4 Å². The second-order valence-corrected chi connectivity index (χ2v) is 8.66. The van der Waals surface area contributed by atoms with Crippen LogP contribution in [0, 0.1) is 0 Å². The first-order valence-corrected chi connectivity index (χ1v) is 11.0. The third-order valence-electron chi connectivity index (χ3n) is 6.42. The van der Waals surface area contributed by atoms with E-state index in [1.165, 1.54) is 25.7 Å². The standard InChI is InChI=1S/C22H30N8.2ClH/c23-14-5-9-16(10-6-14)26-20-19-21(30(13-25-19)18-3-1-2-4-18)29-22(28-20)27-17-11-7-15(24)8-12-17;;/h5-6,9-10,13,15,17-18H,1-4,7-8,11-12,23-24H2,(H2,26,27,28,29);2*1H/t15-,17-;;. The highest BCUT2D eigenvalue weighted by Gasteiger charge is 2.24. The smallest absolute Gasteiger partial charge is 0.227 e. The van der Waals surface area contributed by atoms with Gasteiger partial charge in [0.25, 0.3) is 0 Å². The number of nitrogens with one attached hydrogen (secondary N) is 2. The third kappa shape index (κ3) is 5.19. The molecule has 2 aliphatic carbocycles. The molecule has 0 aliphatic heterocycles. The molecular formula is C22H32Cl2N8. The highest BCUT2D eigenvalue weighted by atomic mass is 35.5. The van der Waals surface area contributed by atoms with Gasteiger partial charge in [-0.05, 0) is 62.8 Å². The Kier molecular flexibility index (Phi) is 8.03. The Hall–Kier alpha value is -2.29. The van der Waals surface area contributed by atoms with Crippen molar-refractivity contribution in [2.24, 2.45) is 5.73 Å². The number of hydrogen-bond donors (Lipinski definition) is 4. The average molecular weight is 479 g/mol. The topological polar surface area (TPSA) is 120 Å². The van der Waals surface area contributed by atoms with Crippen LogP contribution in [-0.4, -0.2) is 31.6 Å². The molecule has 0 amide bonds. The van der Waals surface area contributed by atoms with E-state index in [-0.39, 0.29) is 24.8 Å². The Bertz CT molecular complexity index is 1010. The summed E-state index contributed by atoms with van der Waals surface area (Å²) in [6, 6.07) is 8.80. The molecule has 2 aromatic heterocycles. The fraction of sp³-hybridized carbons (Fsp3) is 0.500. The van der Waals surface area contributed by atoms with Crippen molar-refractivity contribution in [2.75, 3.05) is 16.4 Å². The maximum atomic E-state index is 6.07. The van der Waals surface area contributed by atoms with Crippen molar-refractivity contribution in [3.8, 4) is 0 Å². The van der Waals surface area contributed by atoms with Crippen LogP contribution in [0.25, 0.3) is 11.2 Å². The second-order valence-electron chi connectivity index (χ2n) is 8.66. The van der Waals surface area contributed by atoms with Gasteiger partial charge >= 0.3 is 0 Å². The summed E-state index contributed by atoms with van der Waals surface area (Å²) in [4.78, 5) is 14.4. The van der Waals surface area contributed by atoms with Crippen molar-refractivity contribution in [3.63, 3.8) is 0 Å². The summed E-state index contributed by atoms with van der Waals surface area (Å²) >= 11 is 0. The lowest BCUT2D eigenvalue weighted by Crippen LogP contribution is -2.33. The predicted molar refractivity (Wildman–Crippen MR) is 135 cm³/mol. The summed E-state index contributed by atoms with van der Waals surface area (Å²) in [6.45, 7) is 0. The molecular weight excluding hydrogens is 447 g/mol. The van der Waals surface area contributed by atoms with Crippen LogP contribution in [0.15, 0.2) is 30.6 Å². The number of rotatable bonds is 5. The van der Waals surface area contributed by atoms with E-state index >= 15 is 0 Å². The van der Waals surface area contributed by atoms with Crippen molar-refractivity contribution >= 4 is 59.1 Å². The SMILES string of the molecule is Cl.Cl.Nc1ccc(Nc2nc(N[C@H]3CC[C@H](N)CC3)nc3c2ncn3C2CCCC2)cc1. The van der Waals surface area contributed by atoms with Crippen LogP contribution in [-0.2, 0) is 0 Å². The van der Waals surface area contributed by atoms with E-state index in [0.29, 0.717) is 24.1 Å². The van der Waals surface area contributed by atoms with E-state index in [4.69, 9.17) is 21.4 Å². The molecule has 0 unspecified atom stereocenters. The maximum Gasteiger partial charge on any atom is 0.227 e. The number of anilines is 4. The van der Waals surface area contributed by atoms with E-state index < -0.39 is 0 Å². The number of nitrogen functional groups attached to an aromatic ring is 1. The van der Waals surface area contributed by atoms with Gasteiger partial charge < -0.3 is 26.7 Å². The van der Waals surface area contributed by atoms with Crippen molar-refractivity contribution < 1.29 is 0 Å². The van der Waals surface area contributed by atoms with Gasteiger partial charge in [0.2, 0.25) is 5.95 Å². The lowest BCUT2D eigenvalue weighted by molar-refractivity contribution is 0.410. The number of hydrogen-bond acceptors (Lipinski definition) is 7. The summed E-state index contributed by atoms with van der Waals surface area (Å²) < 4.78 is 2.24. The first-order valence-electron chi connectivity index (χ1n) is 11.0. The molecule has 0 radical (unpaired) electrons. The van der Waals surface area contributed by atoms with Gasteiger partial charge in [-0.1, -0.05) is 12.8 Å². The van der Waals surface area contributed by atoms with Crippen LogP contribution in [0.4, 0.5) is 23.1 Å². The predicted octanol–water partition coefficient (Wildman–Crippen LogP) is 4.79. The van der Waals surface area contributed by atoms with Crippen LogP contribution in [0.2, 0.25) is 0 Å². The monoisotopic (exact) mass is 478 g/mol. The third-order valence-corrected chi connectivity index (χ3v) is 6.42. The van der Waals surface area contributed by atoms with E-state index in [0.717, 1.165) is 54.0 Å². The number of halogens is 2. The fourth-order valence-electron chi connectivity index (χ4n) is 4.67. The van der Waals surface area contributed by atoms with Crippen molar-refractivity contribution in [2.45, 2.75) is 69.5 Å². The number of nitrogens with two attached hydrogens (primary N) is 2. The molecule has 8 nitrogen and oxygen atoms in total. The Morgan fingerprint density at radius 2 is 1.59 bits per heavy atom. The zero-order valence-corrected chi connectivity index (χ0v) is 19.7. The summed E-state index contributed by atoms with van der Waals surface area (Å²) in [5.41, 5.74) is 15.3. The minimum atomic E-state index is 0. The van der Waals surface area contributed by atoms with E-state index in [2.05, 4.69) is 20.2 Å². The van der Waals surface area contributed by atoms with Crippen LogP contribution in [0.5, 0.6) is 0 Å². The summed E-state index contributed by atoms with van der Waals surface area (Å²) in [7, 11) is 0. The first-order chi connectivity index (χ1) is 14.7. The number of imidazole rings is 1. The van der Waals surface area contributed by atoms with Gasteiger partial charge in [0, 0.05) is 29.5 Å². The van der Waals surface area contributed by atoms with Gasteiger partial charge in [0.05, 0.1) is 6.33 Å². The average Bonchev–Trinajstić information content (AvgIpc) is 3.41. The summed E-state index contributed by atoms with van der Waals surface area (Å²) in [5, 5.41) is 6.98. The maximum absolute atomic E-state index is 6.07. The Morgan fingerprint density at radius 3 is 2.28 bits per heavy atom. The van der Waals surface area contributed by atoms with Gasteiger partial charge in [-0.25, -0.2) is 4.98 Å². The lowest BCUT2D eigenvalue weighted by atomic mass is 9.92. The molecule has 0 saturated heterocycles. The molecule has 174 valence electrons. The van der Waals surface area contributed by atoms with Crippen LogP contribution in [0.3, 0.4) is 0 Å². The van der Waals surface area contributed by atoms with E-state index in [1.807, 2.05) is 30.6 Å². The van der Waals surface area contributed by atoms with Gasteiger partial charge in [-0.2, -0.15) is 9.97 Å². The molecule has 32 heavy (non-hydrogen) atoms. The molecule has 6 N–H and O–H groups in total. The second kappa shape index (κ2) is 10.6. The fourth-order valence-corrected chi connectivity index (χ4v) is 4.67. The zero-order chi connectivity index (χ0) is 20.5. The van der Waals surface area contributed by atoms with Gasteiger partial charge in [0.15, 0.2) is 17.0 Å². The molecule has 0 spiro atoms. The number of fused-ring (bicyclic) bond motifs is 1. The Labute approximate surface area is 200 Å². The number of aromatic nitrogens is 4. The zero-order valence-electron chi connectivity index (χ0n) is 18.0. The Balaban J connectivity index is 0.00000144. The van der Waals surface area contributed by atoms with Crippen molar-refractivity contribution in [1.29, 1.82) is 0 Å². The molecule has 2 aliphatic rings. The highest BCUT2D eigenvalue weighted by molar-refractivity contribution is 5.87. The van der Waals surface area contributed by atoms with E-state index in [9.17, 15) is 0 Å². The normalized spacial score (nSPS) is 21.0. The molecule has 0 bridgehead atoms. The van der Waals surface area contributed by atoms with Gasteiger partial charge in [-0.3, -0.25) is 0 Å². The highest BCUT2D eigenvalue weighted by Crippen LogP contribution is 2.34. The molecule has 3 aromatic rings. The quantitative estimate of drug-likeness (QED) is 0.388.